The second-order valence-corrected chi connectivity index (χ2v) is 4.48. The highest BCUT2D eigenvalue weighted by Crippen LogP contribution is 2.32. The number of likely N-dealkylation sites (N-methyl/N-ethyl adjacent to an activating group) is 1. The highest BCUT2D eigenvalue weighted by Gasteiger charge is 2.36. The van der Waals surface area contributed by atoms with Crippen LogP contribution in [-0.2, 0) is 4.79 Å². The van der Waals surface area contributed by atoms with Gasteiger partial charge in [0.25, 0.3) is 0 Å². The van der Waals surface area contributed by atoms with Crippen LogP contribution in [0, 0.1) is 5.92 Å². The van der Waals surface area contributed by atoms with E-state index >= 15 is 0 Å². The van der Waals surface area contributed by atoms with Gasteiger partial charge in [0.15, 0.2) is 0 Å². The standard InChI is InChI=1S/C10H20N2O2/c1-7(6-12(2)3)11-9(10(13)14)8-4-5-8/h7-9,11H,4-6H2,1-3H3,(H,13,14). The number of carboxylic acids is 1. The smallest absolute Gasteiger partial charge is 0.320 e. The second-order valence-electron chi connectivity index (χ2n) is 4.48. The summed E-state index contributed by atoms with van der Waals surface area (Å²) in [5.41, 5.74) is 0. The molecule has 0 aromatic heterocycles. The fraction of sp³-hybridized carbons (Fsp3) is 0.900. The zero-order chi connectivity index (χ0) is 10.7. The maximum atomic E-state index is 10.9. The van der Waals surface area contributed by atoms with Gasteiger partial charge >= 0.3 is 5.97 Å². The lowest BCUT2D eigenvalue weighted by atomic mass is 10.1. The van der Waals surface area contributed by atoms with Crippen LogP contribution in [0.1, 0.15) is 19.8 Å². The lowest BCUT2D eigenvalue weighted by molar-refractivity contribution is -0.140. The van der Waals surface area contributed by atoms with Crippen molar-refractivity contribution in [2.45, 2.75) is 31.8 Å². The molecule has 1 aliphatic carbocycles. The minimum Gasteiger partial charge on any atom is -0.480 e. The molecule has 14 heavy (non-hydrogen) atoms. The Kier molecular flexibility index (Phi) is 3.89. The van der Waals surface area contributed by atoms with E-state index in [1.165, 1.54) is 0 Å². The zero-order valence-electron chi connectivity index (χ0n) is 9.16. The van der Waals surface area contributed by atoms with E-state index in [0.29, 0.717) is 5.92 Å². The van der Waals surface area contributed by atoms with Crippen molar-refractivity contribution < 1.29 is 9.90 Å². The predicted molar refractivity (Wildman–Crippen MR) is 55.3 cm³/mol. The fourth-order valence-electron chi connectivity index (χ4n) is 1.75. The van der Waals surface area contributed by atoms with Crippen LogP contribution in [0.15, 0.2) is 0 Å². The van der Waals surface area contributed by atoms with Gasteiger partial charge in [-0.3, -0.25) is 4.79 Å². The summed E-state index contributed by atoms with van der Waals surface area (Å²) in [7, 11) is 3.98. The molecule has 0 amide bonds. The van der Waals surface area contributed by atoms with E-state index in [9.17, 15) is 4.79 Å². The van der Waals surface area contributed by atoms with Crippen molar-refractivity contribution in [2.75, 3.05) is 20.6 Å². The van der Waals surface area contributed by atoms with Crippen LogP contribution in [-0.4, -0.2) is 48.7 Å². The predicted octanol–water partition coefficient (Wildman–Crippen LogP) is 0.389. The molecule has 0 aliphatic heterocycles. The molecule has 1 rings (SSSR count). The molecule has 0 aromatic rings. The first kappa shape index (κ1) is 11.5. The van der Waals surface area contributed by atoms with Crippen molar-refractivity contribution in [1.82, 2.24) is 10.2 Å². The van der Waals surface area contributed by atoms with E-state index in [1.54, 1.807) is 0 Å². The Balaban J connectivity index is 2.34. The van der Waals surface area contributed by atoms with Gasteiger partial charge in [-0.25, -0.2) is 0 Å². The average molecular weight is 200 g/mol. The van der Waals surface area contributed by atoms with Crippen molar-refractivity contribution in [3.05, 3.63) is 0 Å². The molecule has 1 fully saturated rings. The first-order valence-corrected chi connectivity index (χ1v) is 5.14. The maximum absolute atomic E-state index is 10.9. The zero-order valence-corrected chi connectivity index (χ0v) is 9.16. The number of hydrogen-bond donors (Lipinski definition) is 2. The summed E-state index contributed by atoms with van der Waals surface area (Å²) in [6, 6.07) is -0.114. The Bertz CT molecular complexity index is 202. The first-order valence-electron chi connectivity index (χ1n) is 5.14. The second kappa shape index (κ2) is 4.75. The Morgan fingerprint density at radius 1 is 1.57 bits per heavy atom. The molecular weight excluding hydrogens is 180 g/mol. The SMILES string of the molecule is CC(CN(C)C)NC(C(=O)O)C1CC1. The molecule has 1 aliphatic rings. The number of hydrogen-bond acceptors (Lipinski definition) is 3. The lowest BCUT2D eigenvalue weighted by Gasteiger charge is -2.22. The Hall–Kier alpha value is -0.610. The summed E-state index contributed by atoms with van der Waals surface area (Å²) in [5.74, 6) is -0.352. The molecule has 1 saturated carbocycles. The topological polar surface area (TPSA) is 52.6 Å². The molecular formula is C10H20N2O2. The molecule has 0 aromatic carbocycles. The van der Waals surface area contributed by atoms with E-state index in [-0.39, 0.29) is 12.1 Å². The van der Waals surface area contributed by atoms with Crippen molar-refractivity contribution in [3.8, 4) is 0 Å². The van der Waals surface area contributed by atoms with Crippen LogP contribution >= 0.6 is 0 Å². The van der Waals surface area contributed by atoms with E-state index < -0.39 is 5.97 Å². The minimum atomic E-state index is -0.710. The molecule has 2 unspecified atom stereocenters. The van der Waals surface area contributed by atoms with Gasteiger partial charge < -0.3 is 15.3 Å². The summed E-state index contributed by atoms with van der Waals surface area (Å²) >= 11 is 0. The summed E-state index contributed by atoms with van der Waals surface area (Å²) in [6.45, 7) is 2.90. The third kappa shape index (κ3) is 3.64. The Morgan fingerprint density at radius 3 is 2.50 bits per heavy atom. The van der Waals surface area contributed by atoms with Gasteiger partial charge in [-0.2, -0.15) is 0 Å². The maximum Gasteiger partial charge on any atom is 0.320 e. The van der Waals surface area contributed by atoms with E-state index in [4.69, 9.17) is 5.11 Å². The summed E-state index contributed by atoms with van der Waals surface area (Å²) in [6.07, 6.45) is 2.11. The van der Waals surface area contributed by atoms with E-state index in [1.807, 2.05) is 21.0 Å². The third-order valence-corrected chi connectivity index (χ3v) is 2.46. The van der Waals surface area contributed by atoms with Gasteiger partial charge in [0, 0.05) is 12.6 Å². The molecule has 0 spiro atoms. The molecule has 2 atom stereocenters. The van der Waals surface area contributed by atoms with Crippen molar-refractivity contribution in [1.29, 1.82) is 0 Å². The van der Waals surface area contributed by atoms with Gasteiger partial charge in [0.1, 0.15) is 6.04 Å². The number of nitrogens with zero attached hydrogens (tertiary/aromatic N) is 1. The highest BCUT2D eigenvalue weighted by atomic mass is 16.4. The van der Waals surface area contributed by atoms with Crippen LogP contribution in [0.2, 0.25) is 0 Å². The lowest BCUT2D eigenvalue weighted by Crippen LogP contribution is -2.47. The molecule has 0 bridgehead atoms. The number of aliphatic carboxylic acids is 1. The monoisotopic (exact) mass is 200 g/mol. The molecule has 4 nitrogen and oxygen atoms in total. The summed E-state index contributed by atoms with van der Waals surface area (Å²) in [5, 5.41) is 12.2. The van der Waals surface area contributed by atoms with Gasteiger partial charge in [0.2, 0.25) is 0 Å². The minimum absolute atomic E-state index is 0.228. The van der Waals surface area contributed by atoms with Crippen LogP contribution < -0.4 is 5.32 Å². The number of rotatable bonds is 6. The Morgan fingerprint density at radius 2 is 2.14 bits per heavy atom. The van der Waals surface area contributed by atoms with Gasteiger partial charge in [-0.15, -0.1) is 0 Å². The number of carboxylic acid groups (broad SMARTS) is 1. The molecule has 0 saturated heterocycles. The molecule has 2 N–H and O–H groups in total. The highest BCUT2D eigenvalue weighted by molar-refractivity contribution is 5.74. The molecule has 4 heteroatoms. The number of nitrogens with one attached hydrogen (secondary N) is 1. The van der Waals surface area contributed by atoms with Gasteiger partial charge in [-0.05, 0) is 39.8 Å². The fourth-order valence-corrected chi connectivity index (χ4v) is 1.75. The van der Waals surface area contributed by atoms with Crippen molar-refractivity contribution >= 4 is 5.97 Å². The Labute approximate surface area is 85.3 Å². The molecule has 0 radical (unpaired) electrons. The number of carbonyl (C=O) groups is 1. The van der Waals surface area contributed by atoms with Gasteiger partial charge in [0.05, 0.1) is 0 Å². The summed E-state index contributed by atoms with van der Waals surface area (Å²) < 4.78 is 0. The van der Waals surface area contributed by atoms with Crippen LogP contribution in [0.5, 0.6) is 0 Å². The summed E-state index contributed by atoms with van der Waals surface area (Å²) in [4.78, 5) is 13.0. The quantitative estimate of drug-likeness (QED) is 0.651. The van der Waals surface area contributed by atoms with Crippen molar-refractivity contribution in [3.63, 3.8) is 0 Å². The molecule has 0 heterocycles. The van der Waals surface area contributed by atoms with Crippen LogP contribution in [0.25, 0.3) is 0 Å². The normalized spacial score (nSPS) is 20.9. The van der Waals surface area contributed by atoms with Crippen LogP contribution in [0.3, 0.4) is 0 Å². The average Bonchev–Trinajstić information content (AvgIpc) is 2.80. The largest absolute Gasteiger partial charge is 0.480 e. The van der Waals surface area contributed by atoms with E-state index in [0.717, 1.165) is 19.4 Å². The molecule has 82 valence electrons. The van der Waals surface area contributed by atoms with Crippen molar-refractivity contribution in [2.24, 2.45) is 5.92 Å². The first-order chi connectivity index (χ1) is 6.50. The van der Waals surface area contributed by atoms with Crippen LogP contribution in [0.4, 0.5) is 0 Å². The third-order valence-electron chi connectivity index (χ3n) is 2.46. The van der Waals surface area contributed by atoms with Gasteiger partial charge in [-0.1, -0.05) is 0 Å². The van der Waals surface area contributed by atoms with E-state index in [2.05, 4.69) is 10.2 Å².